The van der Waals surface area contributed by atoms with Crippen LogP contribution in [0.5, 0.6) is 5.75 Å². The Morgan fingerprint density at radius 1 is 0.976 bits per heavy atom. The number of hydrogen-bond acceptors (Lipinski definition) is 6. The number of carbonyl (C=O) groups excluding carboxylic acids is 3. The molecule has 0 fully saturated rings. The van der Waals surface area contributed by atoms with E-state index in [1.54, 1.807) is 70.2 Å². The summed E-state index contributed by atoms with van der Waals surface area (Å²) in [4.78, 5) is 40.4. The van der Waals surface area contributed by atoms with E-state index in [4.69, 9.17) is 37.4 Å². The fraction of sp³-hybridized carbons (Fsp3) is 0.500. The van der Waals surface area contributed by atoms with Crippen molar-refractivity contribution in [2.75, 3.05) is 6.61 Å². The second kappa shape index (κ2) is 14.1. The van der Waals surface area contributed by atoms with Gasteiger partial charge in [-0.05, 0) is 94.0 Å². The molecule has 1 aliphatic rings. The van der Waals surface area contributed by atoms with Crippen LogP contribution in [0.1, 0.15) is 103 Å². The first-order valence-electron chi connectivity index (χ1n) is 14.7. The van der Waals surface area contributed by atoms with Crippen LogP contribution in [0, 0.1) is 5.92 Å². The monoisotopic (exact) mass is 616 g/mol. The van der Waals surface area contributed by atoms with Gasteiger partial charge in [-0.25, -0.2) is 4.79 Å². The molecule has 0 radical (unpaired) electrons. The molecular formula is C34H42Cl2O6. The molecule has 0 spiro atoms. The van der Waals surface area contributed by atoms with E-state index in [-0.39, 0.29) is 24.7 Å². The Hall–Kier alpha value is -2.83. The van der Waals surface area contributed by atoms with Crippen molar-refractivity contribution in [1.29, 1.82) is 0 Å². The van der Waals surface area contributed by atoms with E-state index in [1.807, 2.05) is 20.8 Å². The third-order valence-corrected chi connectivity index (χ3v) is 7.82. The van der Waals surface area contributed by atoms with Gasteiger partial charge in [0.2, 0.25) is 5.60 Å². The van der Waals surface area contributed by atoms with Crippen molar-refractivity contribution in [2.24, 2.45) is 5.92 Å². The van der Waals surface area contributed by atoms with Crippen molar-refractivity contribution in [2.45, 2.75) is 97.7 Å². The molecule has 0 aromatic heterocycles. The van der Waals surface area contributed by atoms with Crippen LogP contribution in [0.2, 0.25) is 10.0 Å². The van der Waals surface area contributed by atoms with Gasteiger partial charge in [-0.2, -0.15) is 0 Å². The molecule has 6 nitrogen and oxygen atoms in total. The van der Waals surface area contributed by atoms with Gasteiger partial charge in [0.05, 0.1) is 12.5 Å². The van der Waals surface area contributed by atoms with Crippen LogP contribution in [0.15, 0.2) is 36.4 Å². The van der Waals surface area contributed by atoms with Crippen LogP contribution in [0.25, 0.3) is 11.6 Å². The molecule has 2 unspecified atom stereocenters. The Balaban J connectivity index is 2.19. The molecule has 3 rings (SSSR count). The van der Waals surface area contributed by atoms with E-state index >= 15 is 0 Å². The summed E-state index contributed by atoms with van der Waals surface area (Å²) in [6.07, 6.45) is 4.04. The van der Waals surface area contributed by atoms with Crippen molar-refractivity contribution in [3.8, 4) is 5.75 Å². The molecule has 2 aromatic carbocycles. The summed E-state index contributed by atoms with van der Waals surface area (Å²) in [6, 6.07) is 10.4. The van der Waals surface area contributed by atoms with Gasteiger partial charge in [-0.3, -0.25) is 9.59 Å². The lowest BCUT2D eigenvalue weighted by Crippen LogP contribution is -2.46. The summed E-state index contributed by atoms with van der Waals surface area (Å²) in [5, 5.41) is 0.946. The van der Waals surface area contributed by atoms with E-state index in [0.717, 1.165) is 5.56 Å². The lowest BCUT2D eigenvalue weighted by Gasteiger charge is -2.32. The smallest absolute Gasteiger partial charge is 0.350 e. The van der Waals surface area contributed by atoms with Crippen LogP contribution in [0.3, 0.4) is 0 Å². The predicted molar refractivity (Wildman–Crippen MR) is 168 cm³/mol. The number of allylic oxidation sites excluding steroid dienone is 1. The molecule has 0 saturated heterocycles. The second-order valence-corrected chi connectivity index (χ2v) is 12.7. The minimum absolute atomic E-state index is 0.0383. The van der Waals surface area contributed by atoms with Gasteiger partial charge < -0.3 is 14.2 Å². The number of Topliss-reactive ketones (excluding diaryl/α,β-unsaturated/α-hetero) is 1. The van der Waals surface area contributed by atoms with Gasteiger partial charge >= 0.3 is 11.9 Å². The Bertz CT molecular complexity index is 1330. The van der Waals surface area contributed by atoms with E-state index in [2.05, 4.69) is 0 Å². The van der Waals surface area contributed by atoms with Gasteiger partial charge in [0.25, 0.3) is 0 Å². The van der Waals surface area contributed by atoms with Crippen LogP contribution in [0.4, 0.5) is 0 Å². The van der Waals surface area contributed by atoms with Crippen LogP contribution < -0.4 is 4.74 Å². The normalized spacial score (nSPS) is 18.3. The fourth-order valence-corrected chi connectivity index (χ4v) is 5.83. The molecule has 0 saturated carbocycles. The third kappa shape index (κ3) is 7.96. The number of ether oxygens (including phenoxy) is 3. The fourth-order valence-electron chi connectivity index (χ4n) is 5.47. The lowest BCUT2D eigenvalue weighted by molar-refractivity contribution is -0.163. The van der Waals surface area contributed by atoms with E-state index in [1.165, 1.54) is 0 Å². The zero-order valence-electron chi connectivity index (χ0n) is 25.6. The van der Waals surface area contributed by atoms with Gasteiger partial charge in [0, 0.05) is 27.6 Å². The highest BCUT2D eigenvalue weighted by Crippen LogP contribution is 2.42. The molecule has 8 heteroatoms. The Morgan fingerprint density at radius 2 is 1.60 bits per heavy atom. The zero-order valence-corrected chi connectivity index (χ0v) is 27.2. The summed E-state index contributed by atoms with van der Waals surface area (Å²) >= 11 is 12.8. The van der Waals surface area contributed by atoms with Gasteiger partial charge in [-0.15, -0.1) is 0 Å². The second-order valence-electron chi connectivity index (χ2n) is 11.8. The maximum atomic E-state index is 13.9. The molecule has 2 aromatic rings. The molecule has 1 aliphatic carbocycles. The van der Waals surface area contributed by atoms with Crippen molar-refractivity contribution in [3.05, 3.63) is 63.1 Å². The minimum atomic E-state index is -1.18. The molecule has 42 heavy (non-hydrogen) atoms. The van der Waals surface area contributed by atoms with Crippen molar-refractivity contribution in [3.63, 3.8) is 0 Å². The van der Waals surface area contributed by atoms with Crippen LogP contribution >= 0.6 is 23.2 Å². The Labute approximate surface area is 259 Å². The van der Waals surface area contributed by atoms with Crippen LogP contribution in [-0.2, 0) is 23.9 Å². The molecule has 0 aliphatic heterocycles. The van der Waals surface area contributed by atoms with E-state index in [0.29, 0.717) is 58.2 Å². The molecule has 228 valence electrons. The maximum Gasteiger partial charge on any atom is 0.350 e. The molecule has 0 heterocycles. The quantitative estimate of drug-likeness (QED) is 0.151. The number of carbonyl (C=O) groups is 3. The lowest BCUT2D eigenvalue weighted by atomic mass is 9.85. The van der Waals surface area contributed by atoms with Crippen molar-refractivity contribution >= 4 is 52.6 Å². The average Bonchev–Trinajstić information content (AvgIpc) is 2.99. The SMILES string of the molecule is CCCC(CCC)(Oc1ccc(Cl)cc1C=C1C(=O)CC(C(=O)OC(C)(C)C)C(C)c2cc(Cl)ccc21)C(=O)OCC. The largest absolute Gasteiger partial charge is 0.475 e. The Kier molecular flexibility index (Phi) is 11.3. The zero-order chi connectivity index (χ0) is 31.2. The molecule has 0 bridgehead atoms. The first kappa shape index (κ1) is 33.7. The summed E-state index contributed by atoms with van der Waals surface area (Å²) in [5.41, 5.74) is 0.508. The maximum absolute atomic E-state index is 13.9. The number of fused-ring (bicyclic) bond motifs is 1. The minimum Gasteiger partial charge on any atom is -0.475 e. The highest BCUT2D eigenvalue weighted by molar-refractivity contribution is 6.32. The average molecular weight is 618 g/mol. The molecule has 0 amide bonds. The van der Waals surface area contributed by atoms with Crippen molar-refractivity contribution in [1.82, 2.24) is 0 Å². The number of ketones is 1. The Morgan fingerprint density at radius 3 is 2.19 bits per heavy atom. The molecular weight excluding hydrogens is 575 g/mol. The number of rotatable bonds is 10. The number of halogens is 2. The highest BCUT2D eigenvalue weighted by atomic mass is 35.5. The number of benzene rings is 2. The van der Waals surface area contributed by atoms with Crippen LogP contribution in [-0.4, -0.2) is 35.5 Å². The standard InChI is InChI=1S/C34H42Cl2O6/c1-8-15-34(16-9-2,32(39)40-10-3)41-30-14-12-23(35)17-22(30)18-28-25-13-11-24(36)19-26(25)21(4)27(20-29(28)37)31(38)42-33(5,6)7/h11-14,17-19,21,27H,8-10,15-16,20H2,1-7H3. The molecule has 2 atom stereocenters. The summed E-state index contributed by atoms with van der Waals surface area (Å²) in [6.45, 7) is 13.3. The summed E-state index contributed by atoms with van der Waals surface area (Å²) < 4.78 is 17.7. The first-order valence-corrected chi connectivity index (χ1v) is 15.4. The van der Waals surface area contributed by atoms with Gasteiger partial charge in [0.1, 0.15) is 11.4 Å². The van der Waals surface area contributed by atoms with E-state index in [9.17, 15) is 14.4 Å². The van der Waals surface area contributed by atoms with Gasteiger partial charge in [-0.1, -0.05) is 62.9 Å². The number of hydrogen-bond donors (Lipinski definition) is 0. The summed E-state index contributed by atoms with van der Waals surface area (Å²) in [7, 11) is 0. The van der Waals surface area contributed by atoms with Crippen molar-refractivity contribution < 1.29 is 28.6 Å². The topological polar surface area (TPSA) is 78.9 Å². The first-order chi connectivity index (χ1) is 19.7. The van der Waals surface area contributed by atoms with Gasteiger partial charge in [0.15, 0.2) is 5.78 Å². The molecule has 0 N–H and O–H groups in total. The van der Waals surface area contributed by atoms with E-state index < -0.39 is 29.1 Å². The predicted octanol–water partition coefficient (Wildman–Crippen LogP) is 8.85. The third-order valence-electron chi connectivity index (χ3n) is 7.35. The summed E-state index contributed by atoms with van der Waals surface area (Å²) in [5.74, 6) is -1.68. The number of esters is 2. The highest BCUT2D eigenvalue weighted by Gasteiger charge is 2.42.